The lowest BCUT2D eigenvalue weighted by atomic mass is 10.1. The monoisotopic (exact) mass is 303 g/mol. The van der Waals surface area contributed by atoms with Gasteiger partial charge in [-0.25, -0.2) is 0 Å². The summed E-state index contributed by atoms with van der Waals surface area (Å²) < 4.78 is 4.82. The lowest BCUT2D eigenvalue weighted by Gasteiger charge is -2.10. The van der Waals surface area contributed by atoms with Gasteiger partial charge in [-0.3, -0.25) is 9.59 Å². The second-order valence-corrected chi connectivity index (χ2v) is 4.93. The third kappa shape index (κ3) is 6.57. The van der Waals surface area contributed by atoms with E-state index in [2.05, 4.69) is 24.4 Å². The molecule has 22 heavy (non-hydrogen) atoms. The number of Topliss-reactive ketones (excluding diaryl/α,β-unsaturated/α-hetero) is 1. The van der Waals surface area contributed by atoms with E-state index in [1.54, 1.807) is 19.1 Å². The summed E-state index contributed by atoms with van der Waals surface area (Å²) in [5.74, 6) is -0.701. The fourth-order valence-corrected chi connectivity index (χ4v) is 2.01. The summed E-state index contributed by atoms with van der Waals surface area (Å²) in [6.45, 7) is 4.91. The smallest absolute Gasteiger partial charge is 0.313 e. The van der Waals surface area contributed by atoms with Crippen LogP contribution in [0.4, 0.5) is 5.69 Å². The zero-order chi connectivity index (χ0) is 16.2. The van der Waals surface area contributed by atoms with E-state index in [0.29, 0.717) is 5.56 Å². The Morgan fingerprint density at radius 3 is 2.59 bits per heavy atom. The minimum atomic E-state index is -0.482. The minimum Gasteiger partial charge on any atom is -0.466 e. The van der Waals surface area contributed by atoms with Gasteiger partial charge in [0.15, 0.2) is 5.78 Å². The van der Waals surface area contributed by atoms with Crippen LogP contribution >= 0.6 is 0 Å². The molecule has 120 valence electrons. The topological polar surface area (TPSA) is 55.4 Å². The van der Waals surface area contributed by atoms with Crippen LogP contribution in [0.3, 0.4) is 0 Å². The number of benzene rings is 1. The number of hydrogen-bond donors (Lipinski definition) is 1. The third-order valence-corrected chi connectivity index (χ3v) is 3.09. The standard InChI is InChI=1S/C18H25NO3/c1-3-5-6-7-10-13-19-16-12-9-8-11-15(16)17(20)14-18(21)22-4-2/h6-9,11-12,19H,3-5,10,13-14H2,1-2H3. The fourth-order valence-electron chi connectivity index (χ4n) is 2.01. The molecule has 0 aliphatic carbocycles. The molecule has 0 fully saturated rings. The summed E-state index contributed by atoms with van der Waals surface area (Å²) in [6, 6.07) is 7.26. The van der Waals surface area contributed by atoms with E-state index in [9.17, 15) is 9.59 Å². The molecule has 0 aliphatic rings. The Hall–Kier alpha value is -2.10. The molecule has 1 aromatic carbocycles. The number of anilines is 1. The molecule has 0 amide bonds. The van der Waals surface area contributed by atoms with Gasteiger partial charge in [0.1, 0.15) is 6.42 Å². The Morgan fingerprint density at radius 2 is 1.86 bits per heavy atom. The number of carbonyl (C=O) groups is 2. The van der Waals surface area contributed by atoms with E-state index < -0.39 is 5.97 Å². The first kappa shape index (κ1) is 18.0. The molecule has 0 saturated heterocycles. The van der Waals surface area contributed by atoms with Crippen molar-refractivity contribution in [2.45, 2.75) is 39.5 Å². The molecule has 1 aromatic rings. The van der Waals surface area contributed by atoms with Gasteiger partial charge in [-0.1, -0.05) is 37.6 Å². The van der Waals surface area contributed by atoms with Crippen molar-refractivity contribution in [3.63, 3.8) is 0 Å². The predicted octanol–water partition coefficient (Wildman–Crippen LogP) is 3.98. The molecule has 4 heteroatoms. The Bertz CT molecular complexity index is 509. The molecule has 0 aromatic heterocycles. The number of carbonyl (C=O) groups excluding carboxylic acids is 2. The van der Waals surface area contributed by atoms with E-state index >= 15 is 0 Å². The number of unbranched alkanes of at least 4 members (excludes halogenated alkanes) is 1. The van der Waals surface area contributed by atoms with Crippen LogP contribution < -0.4 is 5.32 Å². The first-order chi connectivity index (χ1) is 10.7. The van der Waals surface area contributed by atoms with Gasteiger partial charge in [-0.05, 0) is 31.9 Å². The summed E-state index contributed by atoms with van der Waals surface area (Å²) in [5.41, 5.74) is 1.30. The van der Waals surface area contributed by atoms with Gasteiger partial charge in [0.2, 0.25) is 0 Å². The highest BCUT2D eigenvalue weighted by Crippen LogP contribution is 2.17. The molecule has 0 radical (unpaired) electrons. The molecule has 0 heterocycles. The molecular formula is C18H25NO3. The predicted molar refractivity (Wildman–Crippen MR) is 89.2 cm³/mol. The van der Waals surface area contributed by atoms with E-state index in [1.807, 2.05) is 12.1 Å². The van der Waals surface area contributed by atoms with Crippen LogP contribution in [0, 0.1) is 0 Å². The average Bonchev–Trinajstić information content (AvgIpc) is 2.51. The molecule has 4 nitrogen and oxygen atoms in total. The molecule has 0 saturated carbocycles. The summed E-state index contributed by atoms with van der Waals surface area (Å²) >= 11 is 0. The Morgan fingerprint density at radius 1 is 1.14 bits per heavy atom. The van der Waals surface area contributed by atoms with Crippen LogP contribution in [0.15, 0.2) is 36.4 Å². The normalized spacial score (nSPS) is 10.6. The summed E-state index contributed by atoms with van der Waals surface area (Å²) in [4.78, 5) is 23.6. The van der Waals surface area contributed by atoms with Gasteiger partial charge in [0.25, 0.3) is 0 Å². The summed E-state index contributed by atoms with van der Waals surface area (Å²) in [7, 11) is 0. The van der Waals surface area contributed by atoms with Crippen LogP contribution in [0.5, 0.6) is 0 Å². The van der Waals surface area contributed by atoms with Crippen molar-refractivity contribution in [1.82, 2.24) is 0 Å². The number of hydrogen-bond acceptors (Lipinski definition) is 4. The van der Waals surface area contributed by atoms with E-state index in [0.717, 1.165) is 31.5 Å². The lowest BCUT2D eigenvalue weighted by Crippen LogP contribution is -2.13. The quantitative estimate of drug-likeness (QED) is 0.233. The molecular weight excluding hydrogens is 278 g/mol. The zero-order valence-electron chi connectivity index (χ0n) is 13.4. The number of ketones is 1. The number of esters is 1. The van der Waals surface area contributed by atoms with Crippen molar-refractivity contribution < 1.29 is 14.3 Å². The highest BCUT2D eigenvalue weighted by molar-refractivity contribution is 6.09. The van der Waals surface area contributed by atoms with Crippen molar-refractivity contribution >= 4 is 17.4 Å². The number of allylic oxidation sites excluding steroid dienone is 1. The molecule has 0 bridgehead atoms. The van der Waals surface area contributed by atoms with Crippen LogP contribution in [-0.2, 0) is 9.53 Å². The lowest BCUT2D eigenvalue weighted by molar-refractivity contribution is -0.141. The molecule has 0 atom stereocenters. The Labute approximate surface area is 132 Å². The van der Waals surface area contributed by atoms with Crippen molar-refractivity contribution in [2.75, 3.05) is 18.5 Å². The SMILES string of the molecule is CCCC=CCCNc1ccccc1C(=O)CC(=O)OCC. The molecule has 0 aliphatic heterocycles. The molecule has 0 unspecified atom stereocenters. The number of rotatable bonds is 10. The van der Waals surface area contributed by atoms with Crippen LogP contribution in [0.1, 0.15) is 49.9 Å². The van der Waals surface area contributed by atoms with Crippen LogP contribution in [-0.4, -0.2) is 24.9 Å². The number of para-hydroxylation sites is 1. The maximum absolute atomic E-state index is 12.2. The molecule has 1 rings (SSSR count). The Kier molecular flexibility index (Phi) is 8.65. The van der Waals surface area contributed by atoms with Crippen LogP contribution in [0.25, 0.3) is 0 Å². The van der Waals surface area contributed by atoms with Crippen molar-refractivity contribution in [2.24, 2.45) is 0 Å². The fraction of sp³-hybridized carbons (Fsp3) is 0.444. The summed E-state index contributed by atoms with van der Waals surface area (Å²) in [5, 5.41) is 3.25. The second-order valence-electron chi connectivity index (χ2n) is 4.93. The Balaban J connectivity index is 2.57. The minimum absolute atomic E-state index is 0.219. The number of nitrogens with one attached hydrogen (secondary N) is 1. The number of ether oxygens (including phenoxy) is 1. The van der Waals surface area contributed by atoms with Gasteiger partial charge in [-0.2, -0.15) is 0 Å². The maximum atomic E-state index is 12.2. The van der Waals surface area contributed by atoms with E-state index in [1.165, 1.54) is 0 Å². The third-order valence-electron chi connectivity index (χ3n) is 3.09. The van der Waals surface area contributed by atoms with Gasteiger partial charge in [0.05, 0.1) is 6.61 Å². The second kappa shape index (κ2) is 10.6. The van der Waals surface area contributed by atoms with Crippen molar-refractivity contribution in [3.05, 3.63) is 42.0 Å². The first-order valence-corrected chi connectivity index (χ1v) is 7.85. The highest BCUT2D eigenvalue weighted by Gasteiger charge is 2.15. The largest absolute Gasteiger partial charge is 0.466 e. The van der Waals surface area contributed by atoms with Crippen molar-refractivity contribution in [1.29, 1.82) is 0 Å². The van der Waals surface area contributed by atoms with E-state index in [-0.39, 0.29) is 18.8 Å². The van der Waals surface area contributed by atoms with Crippen molar-refractivity contribution in [3.8, 4) is 0 Å². The van der Waals surface area contributed by atoms with Gasteiger partial charge < -0.3 is 10.1 Å². The zero-order valence-corrected chi connectivity index (χ0v) is 13.4. The van der Waals surface area contributed by atoms with E-state index in [4.69, 9.17) is 4.74 Å². The van der Waals surface area contributed by atoms with Gasteiger partial charge in [-0.15, -0.1) is 0 Å². The maximum Gasteiger partial charge on any atom is 0.313 e. The first-order valence-electron chi connectivity index (χ1n) is 7.85. The molecule has 1 N–H and O–H groups in total. The average molecular weight is 303 g/mol. The molecule has 0 spiro atoms. The highest BCUT2D eigenvalue weighted by atomic mass is 16.5. The summed E-state index contributed by atoms with van der Waals surface area (Å²) in [6.07, 6.45) is 7.23. The van der Waals surface area contributed by atoms with Crippen LogP contribution in [0.2, 0.25) is 0 Å². The van der Waals surface area contributed by atoms with Gasteiger partial charge >= 0.3 is 5.97 Å². The van der Waals surface area contributed by atoms with Gasteiger partial charge in [0, 0.05) is 17.8 Å².